The molecule has 8 heteroatoms. The maximum atomic E-state index is 13.4. The fourth-order valence-electron chi connectivity index (χ4n) is 4.47. The first-order chi connectivity index (χ1) is 17.1. The molecule has 0 spiro atoms. The standard InChI is InChI=1S/C27H24N4O3S/c28-15-21-20-11-5-7-13-24(20)35-26(21)31-25(32)23(30-27(33)34-18-8-2-1-3-9-18)14-17-16-29-22-12-6-4-10-19(17)22/h1-4,6,8-10,12,16,23,29H,5,7,11,13-14H2,(H,30,33)(H,31,32)/t23-/m0/s1. The molecule has 1 atom stereocenters. The van der Waals surface area contributed by atoms with E-state index in [1.807, 2.05) is 36.5 Å². The number of aryl methyl sites for hydroxylation is 1. The highest BCUT2D eigenvalue weighted by molar-refractivity contribution is 7.16. The van der Waals surface area contributed by atoms with Gasteiger partial charge in [-0.2, -0.15) is 5.26 Å². The van der Waals surface area contributed by atoms with E-state index in [9.17, 15) is 14.9 Å². The highest BCUT2D eigenvalue weighted by atomic mass is 32.1. The quantitative estimate of drug-likeness (QED) is 0.344. The lowest BCUT2D eigenvalue weighted by Crippen LogP contribution is -2.46. The molecule has 1 aliphatic rings. The van der Waals surface area contributed by atoms with E-state index < -0.39 is 18.0 Å². The van der Waals surface area contributed by atoms with Gasteiger partial charge in [0.05, 0.1) is 5.56 Å². The van der Waals surface area contributed by atoms with Crippen LogP contribution in [0, 0.1) is 11.3 Å². The number of anilines is 1. The molecular formula is C27H24N4O3S. The number of thiophene rings is 1. The van der Waals surface area contributed by atoms with E-state index in [1.165, 1.54) is 11.3 Å². The third kappa shape index (κ3) is 4.91. The molecule has 0 bridgehead atoms. The minimum atomic E-state index is -0.906. The Hall–Kier alpha value is -4.09. The number of amides is 2. The second-order valence-corrected chi connectivity index (χ2v) is 9.58. The maximum Gasteiger partial charge on any atom is 0.413 e. The van der Waals surface area contributed by atoms with Gasteiger partial charge in [0.2, 0.25) is 5.91 Å². The molecule has 7 nitrogen and oxygen atoms in total. The first-order valence-corrected chi connectivity index (χ1v) is 12.4. The Morgan fingerprint density at radius 3 is 2.69 bits per heavy atom. The van der Waals surface area contributed by atoms with Crippen molar-refractivity contribution in [2.24, 2.45) is 0 Å². The monoisotopic (exact) mass is 484 g/mol. The number of fused-ring (bicyclic) bond motifs is 2. The minimum Gasteiger partial charge on any atom is -0.410 e. The van der Waals surface area contributed by atoms with E-state index in [0.717, 1.165) is 52.6 Å². The molecule has 5 rings (SSSR count). The number of para-hydroxylation sites is 2. The normalized spacial score (nSPS) is 13.5. The third-order valence-corrected chi connectivity index (χ3v) is 7.39. The summed E-state index contributed by atoms with van der Waals surface area (Å²) in [6.07, 6.45) is 5.29. The van der Waals surface area contributed by atoms with Crippen LogP contribution in [0.2, 0.25) is 0 Å². The molecule has 0 unspecified atom stereocenters. The number of carbonyl (C=O) groups is 2. The highest BCUT2D eigenvalue weighted by Gasteiger charge is 2.27. The summed E-state index contributed by atoms with van der Waals surface area (Å²) in [4.78, 5) is 30.5. The van der Waals surface area contributed by atoms with E-state index >= 15 is 0 Å². The van der Waals surface area contributed by atoms with Crippen LogP contribution < -0.4 is 15.4 Å². The molecule has 176 valence electrons. The number of ether oxygens (including phenoxy) is 1. The fraction of sp³-hybridized carbons (Fsp3) is 0.222. The number of hydrogen-bond donors (Lipinski definition) is 3. The Morgan fingerprint density at radius 1 is 1.09 bits per heavy atom. The number of nitriles is 1. The second-order valence-electron chi connectivity index (χ2n) is 8.48. The van der Waals surface area contributed by atoms with Crippen LogP contribution in [0.15, 0.2) is 60.8 Å². The van der Waals surface area contributed by atoms with Crippen molar-refractivity contribution in [1.29, 1.82) is 5.26 Å². The van der Waals surface area contributed by atoms with Crippen LogP contribution in [-0.4, -0.2) is 23.0 Å². The Bertz CT molecular complexity index is 1420. The number of hydrogen-bond acceptors (Lipinski definition) is 5. The summed E-state index contributed by atoms with van der Waals surface area (Å²) in [5.74, 6) is -0.00987. The first kappa shape index (κ1) is 22.7. The molecule has 0 saturated heterocycles. The predicted octanol–water partition coefficient (Wildman–Crippen LogP) is 5.32. The van der Waals surface area contributed by atoms with Crippen LogP contribution in [0.5, 0.6) is 5.75 Å². The van der Waals surface area contributed by atoms with Gasteiger partial charge in [-0.15, -0.1) is 11.3 Å². The summed E-state index contributed by atoms with van der Waals surface area (Å²) >= 11 is 1.46. The van der Waals surface area contributed by atoms with Gasteiger partial charge in [0, 0.05) is 28.4 Å². The second kappa shape index (κ2) is 10.0. The molecule has 0 fully saturated rings. The van der Waals surface area contributed by atoms with Gasteiger partial charge in [-0.25, -0.2) is 4.79 Å². The number of H-pyrrole nitrogens is 1. The summed E-state index contributed by atoms with van der Waals surface area (Å²) in [7, 11) is 0. The van der Waals surface area contributed by atoms with Gasteiger partial charge in [0.25, 0.3) is 0 Å². The van der Waals surface area contributed by atoms with Crippen molar-refractivity contribution in [1.82, 2.24) is 10.3 Å². The van der Waals surface area contributed by atoms with Crippen molar-refractivity contribution in [3.63, 3.8) is 0 Å². The van der Waals surface area contributed by atoms with Gasteiger partial charge >= 0.3 is 6.09 Å². The molecule has 0 saturated carbocycles. The molecule has 2 aromatic heterocycles. The lowest BCUT2D eigenvalue weighted by Gasteiger charge is -2.18. The number of aromatic amines is 1. The molecule has 2 heterocycles. The maximum absolute atomic E-state index is 13.4. The number of aromatic nitrogens is 1. The molecule has 4 aromatic rings. The van der Waals surface area contributed by atoms with Crippen LogP contribution >= 0.6 is 11.3 Å². The van der Waals surface area contributed by atoms with E-state index in [-0.39, 0.29) is 6.42 Å². The molecule has 0 radical (unpaired) electrons. The van der Waals surface area contributed by atoms with Crippen LogP contribution in [0.3, 0.4) is 0 Å². The topological polar surface area (TPSA) is 107 Å². The lowest BCUT2D eigenvalue weighted by atomic mass is 9.96. The van der Waals surface area contributed by atoms with E-state index in [1.54, 1.807) is 24.3 Å². The summed E-state index contributed by atoms with van der Waals surface area (Å²) < 4.78 is 5.38. The van der Waals surface area contributed by atoms with Gasteiger partial charge in [0.1, 0.15) is 22.9 Å². The Labute approximate surface area is 206 Å². The largest absolute Gasteiger partial charge is 0.413 e. The molecular weight excluding hydrogens is 460 g/mol. The SMILES string of the molecule is N#Cc1c(NC(=O)[C@H](Cc2c[nH]c3ccccc23)NC(=O)Oc2ccccc2)sc2c1CCCC2. The van der Waals surface area contributed by atoms with Crippen molar-refractivity contribution in [2.45, 2.75) is 38.1 Å². The Kier molecular flexibility index (Phi) is 6.51. The molecule has 35 heavy (non-hydrogen) atoms. The smallest absolute Gasteiger partial charge is 0.410 e. The number of nitrogens with zero attached hydrogens (tertiary/aromatic N) is 1. The summed E-state index contributed by atoms with van der Waals surface area (Å²) in [5.41, 5.74) is 3.43. The highest BCUT2D eigenvalue weighted by Crippen LogP contribution is 2.37. The van der Waals surface area contributed by atoms with Crippen molar-refractivity contribution >= 4 is 39.2 Å². The average molecular weight is 485 g/mol. The molecule has 1 aliphatic carbocycles. The van der Waals surface area contributed by atoms with Crippen molar-refractivity contribution < 1.29 is 14.3 Å². The number of benzene rings is 2. The van der Waals surface area contributed by atoms with E-state index in [4.69, 9.17) is 4.74 Å². The zero-order valence-electron chi connectivity index (χ0n) is 19.0. The number of rotatable bonds is 6. The van der Waals surface area contributed by atoms with Crippen molar-refractivity contribution in [3.8, 4) is 11.8 Å². The summed E-state index contributed by atoms with van der Waals surface area (Å²) in [6.45, 7) is 0. The first-order valence-electron chi connectivity index (χ1n) is 11.6. The van der Waals surface area contributed by atoms with Gasteiger partial charge in [0.15, 0.2) is 0 Å². The molecule has 3 N–H and O–H groups in total. The average Bonchev–Trinajstić information content (AvgIpc) is 3.44. The van der Waals surface area contributed by atoms with Crippen LogP contribution in [0.25, 0.3) is 10.9 Å². The fourth-order valence-corrected chi connectivity index (χ4v) is 5.71. The van der Waals surface area contributed by atoms with Crippen LogP contribution in [-0.2, 0) is 24.1 Å². The number of nitrogens with one attached hydrogen (secondary N) is 3. The van der Waals surface area contributed by atoms with Gasteiger partial charge in [-0.05, 0) is 55.0 Å². The van der Waals surface area contributed by atoms with E-state index in [0.29, 0.717) is 16.3 Å². The third-order valence-electron chi connectivity index (χ3n) is 6.18. The van der Waals surface area contributed by atoms with Crippen LogP contribution in [0.4, 0.5) is 9.80 Å². The minimum absolute atomic E-state index is 0.257. The molecule has 0 aliphatic heterocycles. The Balaban J connectivity index is 1.40. The Morgan fingerprint density at radius 2 is 1.86 bits per heavy atom. The lowest BCUT2D eigenvalue weighted by molar-refractivity contribution is -0.118. The zero-order chi connectivity index (χ0) is 24.2. The number of carbonyl (C=O) groups excluding carboxylic acids is 2. The molecule has 2 amide bonds. The van der Waals surface area contributed by atoms with Crippen molar-refractivity contribution in [2.75, 3.05) is 5.32 Å². The van der Waals surface area contributed by atoms with Crippen LogP contribution in [0.1, 0.15) is 34.4 Å². The van der Waals surface area contributed by atoms with Gasteiger partial charge in [-0.1, -0.05) is 36.4 Å². The van der Waals surface area contributed by atoms with E-state index in [2.05, 4.69) is 21.7 Å². The summed E-state index contributed by atoms with van der Waals surface area (Å²) in [6, 6.07) is 17.9. The van der Waals surface area contributed by atoms with Gasteiger partial charge in [-0.3, -0.25) is 4.79 Å². The molecule has 2 aromatic carbocycles. The van der Waals surface area contributed by atoms with Gasteiger partial charge < -0.3 is 20.4 Å². The summed E-state index contributed by atoms with van der Waals surface area (Å²) in [5, 5.41) is 16.9. The van der Waals surface area contributed by atoms with Crippen molar-refractivity contribution in [3.05, 3.63) is 82.4 Å². The zero-order valence-corrected chi connectivity index (χ0v) is 19.8. The predicted molar refractivity (Wildman–Crippen MR) is 136 cm³/mol.